The van der Waals surface area contributed by atoms with Crippen molar-refractivity contribution in [1.29, 1.82) is 0 Å². The first-order valence-corrected chi connectivity index (χ1v) is 6.82. The molecule has 2 aromatic heterocycles. The first-order chi connectivity index (χ1) is 8.65. The lowest BCUT2D eigenvalue weighted by Gasteiger charge is -2.16. The second-order valence-electron chi connectivity index (χ2n) is 4.40. The Morgan fingerprint density at radius 2 is 2.33 bits per heavy atom. The minimum absolute atomic E-state index is 0.171. The number of amides is 1. The van der Waals surface area contributed by atoms with Gasteiger partial charge >= 0.3 is 0 Å². The molecule has 0 atom stereocenters. The topological polar surface area (TPSA) is 38.1 Å². The molecule has 0 aliphatic carbocycles. The van der Waals surface area contributed by atoms with Gasteiger partial charge in [-0.05, 0) is 34.4 Å². The average Bonchev–Trinajstić information content (AvgIpc) is 2.97. The number of hydrogen-bond donors (Lipinski definition) is 0. The zero-order chi connectivity index (χ0) is 13.0. The van der Waals surface area contributed by atoms with E-state index in [1.54, 1.807) is 20.9 Å². The van der Waals surface area contributed by atoms with E-state index in [-0.39, 0.29) is 5.91 Å². The first kappa shape index (κ1) is 12.8. The van der Waals surface area contributed by atoms with Gasteiger partial charge in [-0.2, -0.15) is 16.4 Å². The van der Waals surface area contributed by atoms with Crippen LogP contribution >= 0.6 is 11.3 Å². The summed E-state index contributed by atoms with van der Waals surface area (Å²) in [6.45, 7) is 0.690. The second kappa shape index (κ2) is 5.82. The van der Waals surface area contributed by atoms with Crippen molar-refractivity contribution in [1.82, 2.24) is 14.7 Å². The van der Waals surface area contributed by atoms with Crippen molar-refractivity contribution in [2.45, 2.75) is 19.4 Å². The van der Waals surface area contributed by atoms with Gasteiger partial charge in [0.2, 0.25) is 5.91 Å². The van der Waals surface area contributed by atoms with Crippen LogP contribution in [-0.2, 0) is 24.8 Å². The summed E-state index contributed by atoms with van der Waals surface area (Å²) < 4.78 is 1.76. The third kappa shape index (κ3) is 3.43. The van der Waals surface area contributed by atoms with Crippen LogP contribution in [0.5, 0.6) is 0 Å². The number of nitrogens with zero attached hydrogens (tertiary/aromatic N) is 3. The lowest BCUT2D eigenvalue weighted by atomic mass is 10.2. The Morgan fingerprint density at radius 3 is 2.94 bits per heavy atom. The molecule has 0 saturated carbocycles. The number of rotatable bonds is 5. The number of carbonyl (C=O) groups excluding carboxylic acids is 1. The van der Waals surface area contributed by atoms with Gasteiger partial charge in [0.05, 0.1) is 6.20 Å². The van der Waals surface area contributed by atoms with Crippen LogP contribution in [0.2, 0.25) is 0 Å². The SMILES string of the molecule is CN(Cc1ccsc1)C(=O)CCc1cnn(C)c1. The molecule has 2 rings (SSSR count). The van der Waals surface area contributed by atoms with Gasteiger partial charge in [0, 0.05) is 33.3 Å². The van der Waals surface area contributed by atoms with Crippen LogP contribution < -0.4 is 0 Å². The van der Waals surface area contributed by atoms with Crippen molar-refractivity contribution in [3.8, 4) is 0 Å². The summed E-state index contributed by atoms with van der Waals surface area (Å²) in [6, 6.07) is 2.05. The minimum atomic E-state index is 0.171. The molecule has 0 saturated heterocycles. The van der Waals surface area contributed by atoms with E-state index in [9.17, 15) is 4.79 Å². The summed E-state index contributed by atoms with van der Waals surface area (Å²) in [7, 11) is 3.73. The molecule has 0 aromatic carbocycles. The maximum absolute atomic E-state index is 12.0. The molecular formula is C13H17N3OS. The Hall–Kier alpha value is -1.62. The number of thiophene rings is 1. The van der Waals surface area contributed by atoms with Crippen molar-refractivity contribution in [2.24, 2.45) is 7.05 Å². The molecular weight excluding hydrogens is 246 g/mol. The summed E-state index contributed by atoms with van der Waals surface area (Å²) in [4.78, 5) is 13.7. The first-order valence-electron chi connectivity index (χ1n) is 5.87. The van der Waals surface area contributed by atoms with Crippen LogP contribution in [0.4, 0.5) is 0 Å². The molecule has 0 spiro atoms. The van der Waals surface area contributed by atoms with Crippen molar-refractivity contribution in [2.75, 3.05) is 7.05 Å². The molecule has 5 heteroatoms. The van der Waals surface area contributed by atoms with E-state index in [1.807, 2.05) is 31.9 Å². The summed E-state index contributed by atoms with van der Waals surface area (Å²) >= 11 is 1.66. The Morgan fingerprint density at radius 1 is 1.50 bits per heavy atom. The maximum Gasteiger partial charge on any atom is 0.222 e. The van der Waals surface area contributed by atoms with E-state index in [0.717, 1.165) is 12.0 Å². The summed E-state index contributed by atoms with van der Waals surface area (Å²) in [5.74, 6) is 0.171. The van der Waals surface area contributed by atoms with E-state index in [4.69, 9.17) is 0 Å². The summed E-state index contributed by atoms with van der Waals surface area (Å²) in [5.41, 5.74) is 2.30. The van der Waals surface area contributed by atoms with Crippen molar-refractivity contribution < 1.29 is 4.79 Å². The fourth-order valence-electron chi connectivity index (χ4n) is 1.79. The molecule has 0 N–H and O–H groups in total. The largest absolute Gasteiger partial charge is 0.341 e. The van der Waals surface area contributed by atoms with E-state index >= 15 is 0 Å². The minimum Gasteiger partial charge on any atom is -0.341 e. The van der Waals surface area contributed by atoms with E-state index < -0.39 is 0 Å². The standard InChI is InChI=1S/C13H17N3OS/c1-15(8-12-5-6-18-10-12)13(17)4-3-11-7-14-16(2)9-11/h5-7,9-10H,3-4,8H2,1-2H3. The molecule has 0 fully saturated rings. The van der Waals surface area contributed by atoms with Gasteiger partial charge in [-0.25, -0.2) is 0 Å². The highest BCUT2D eigenvalue weighted by Crippen LogP contribution is 2.10. The maximum atomic E-state index is 12.0. The van der Waals surface area contributed by atoms with Crippen LogP contribution in [0.15, 0.2) is 29.2 Å². The van der Waals surface area contributed by atoms with Crippen LogP contribution in [-0.4, -0.2) is 27.6 Å². The van der Waals surface area contributed by atoms with Gasteiger partial charge in [-0.3, -0.25) is 9.48 Å². The van der Waals surface area contributed by atoms with Crippen molar-refractivity contribution in [3.05, 3.63) is 40.3 Å². The van der Waals surface area contributed by atoms with Crippen LogP contribution in [0.1, 0.15) is 17.5 Å². The third-order valence-corrected chi connectivity index (χ3v) is 3.54. The highest BCUT2D eigenvalue weighted by Gasteiger charge is 2.10. The number of carbonyl (C=O) groups is 1. The highest BCUT2D eigenvalue weighted by molar-refractivity contribution is 7.07. The predicted molar refractivity (Wildman–Crippen MR) is 72.3 cm³/mol. The Labute approximate surface area is 111 Å². The predicted octanol–water partition coefficient (Wildman–Crippen LogP) is 2.07. The lowest BCUT2D eigenvalue weighted by molar-refractivity contribution is -0.130. The van der Waals surface area contributed by atoms with E-state index in [2.05, 4.69) is 16.5 Å². The normalized spacial score (nSPS) is 10.6. The summed E-state index contributed by atoms with van der Waals surface area (Å²) in [5, 5.41) is 8.20. The molecule has 0 aliphatic heterocycles. The van der Waals surface area contributed by atoms with E-state index in [0.29, 0.717) is 13.0 Å². The average molecular weight is 263 g/mol. The third-order valence-electron chi connectivity index (χ3n) is 2.81. The number of aromatic nitrogens is 2. The van der Waals surface area contributed by atoms with Crippen LogP contribution in [0.25, 0.3) is 0 Å². The molecule has 0 radical (unpaired) electrons. The van der Waals surface area contributed by atoms with Gasteiger partial charge in [0.15, 0.2) is 0 Å². The highest BCUT2D eigenvalue weighted by atomic mass is 32.1. The van der Waals surface area contributed by atoms with Gasteiger partial charge < -0.3 is 4.90 Å². The molecule has 96 valence electrons. The molecule has 2 aromatic rings. The Bertz CT molecular complexity index is 504. The van der Waals surface area contributed by atoms with Gasteiger partial charge in [0.1, 0.15) is 0 Å². The fourth-order valence-corrected chi connectivity index (χ4v) is 2.45. The zero-order valence-electron chi connectivity index (χ0n) is 10.7. The van der Waals surface area contributed by atoms with Gasteiger partial charge in [-0.15, -0.1) is 0 Å². The second-order valence-corrected chi connectivity index (χ2v) is 5.18. The smallest absolute Gasteiger partial charge is 0.222 e. The fraction of sp³-hybridized carbons (Fsp3) is 0.385. The monoisotopic (exact) mass is 263 g/mol. The van der Waals surface area contributed by atoms with Crippen LogP contribution in [0, 0.1) is 0 Å². The molecule has 0 aliphatic rings. The zero-order valence-corrected chi connectivity index (χ0v) is 11.5. The molecule has 0 bridgehead atoms. The van der Waals surface area contributed by atoms with Gasteiger partial charge in [0.25, 0.3) is 0 Å². The molecule has 0 unspecified atom stereocenters. The number of hydrogen-bond acceptors (Lipinski definition) is 3. The molecule has 2 heterocycles. The van der Waals surface area contributed by atoms with E-state index in [1.165, 1.54) is 5.56 Å². The molecule has 1 amide bonds. The Kier molecular flexibility index (Phi) is 4.15. The lowest BCUT2D eigenvalue weighted by Crippen LogP contribution is -2.26. The number of aryl methyl sites for hydroxylation is 2. The van der Waals surface area contributed by atoms with Gasteiger partial charge in [-0.1, -0.05) is 0 Å². The van der Waals surface area contributed by atoms with Crippen LogP contribution in [0.3, 0.4) is 0 Å². The Balaban J connectivity index is 1.80. The summed E-state index contributed by atoms with van der Waals surface area (Å²) in [6.07, 6.45) is 5.05. The molecule has 4 nitrogen and oxygen atoms in total. The molecule has 18 heavy (non-hydrogen) atoms. The van der Waals surface area contributed by atoms with Crippen molar-refractivity contribution >= 4 is 17.2 Å². The quantitative estimate of drug-likeness (QED) is 0.828. The van der Waals surface area contributed by atoms with Crippen molar-refractivity contribution in [3.63, 3.8) is 0 Å².